The molecule has 2 heteroatoms. The van der Waals surface area contributed by atoms with E-state index in [0.717, 1.165) is 11.1 Å². The third-order valence-corrected chi connectivity index (χ3v) is 1.93. The Morgan fingerprint density at radius 2 is 2.30 bits per heavy atom. The van der Waals surface area contributed by atoms with Gasteiger partial charge in [0.1, 0.15) is 5.83 Å². The van der Waals surface area contributed by atoms with Crippen LogP contribution in [0.4, 0.5) is 4.39 Å². The molecule has 0 aromatic heterocycles. The zero-order valence-electron chi connectivity index (χ0n) is 5.47. The molecule has 2 N–H and O–H groups in total. The van der Waals surface area contributed by atoms with E-state index in [1.54, 1.807) is 6.08 Å². The normalized spacial score (nSPS) is 28.2. The van der Waals surface area contributed by atoms with Gasteiger partial charge in [0.05, 0.1) is 0 Å². The largest absolute Gasteiger partial charge is 0.327 e. The lowest BCUT2D eigenvalue weighted by atomic mass is 10.0. The van der Waals surface area contributed by atoms with Crippen LogP contribution >= 0.6 is 0 Å². The molecule has 0 aliphatic heterocycles. The molecule has 1 nitrogen and oxygen atoms in total. The highest BCUT2D eigenvalue weighted by molar-refractivity contribution is 5.55. The zero-order valence-corrected chi connectivity index (χ0v) is 5.47. The van der Waals surface area contributed by atoms with Crippen molar-refractivity contribution < 1.29 is 4.39 Å². The molecule has 0 radical (unpaired) electrons. The van der Waals surface area contributed by atoms with Gasteiger partial charge in [-0.05, 0) is 17.2 Å². The molecule has 2 aliphatic rings. The minimum absolute atomic E-state index is 0.0952. The van der Waals surface area contributed by atoms with Crippen LogP contribution in [0.1, 0.15) is 0 Å². The fourth-order valence-corrected chi connectivity index (χ4v) is 1.24. The van der Waals surface area contributed by atoms with Crippen LogP contribution < -0.4 is 5.73 Å². The summed E-state index contributed by atoms with van der Waals surface area (Å²) in [5, 5.41) is 0. The molecule has 0 saturated carbocycles. The van der Waals surface area contributed by atoms with Gasteiger partial charge in [-0.25, -0.2) is 4.39 Å². The van der Waals surface area contributed by atoms with E-state index in [-0.39, 0.29) is 11.7 Å². The molecule has 0 amide bonds. The lowest BCUT2D eigenvalue weighted by Gasteiger charge is -2.06. The standard InChI is InChI=1S/C8H8FN/c9-8-2-1-5(4-10)6-3-7(6)8/h1-3,6H,4,10H2/t6-/m1/s1. The molecule has 2 rings (SSSR count). The monoisotopic (exact) mass is 137 g/mol. The van der Waals surface area contributed by atoms with Gasteiger partial charge < -0.3 is 5.73 Å². The average Bonchev–Trinajstić information content (AvgIpc) is 2.68. The first kappa shape index (κ1) is 5.86. The summed E-state index contributed by atoms with van der Waals surface area (Å²) in [6.45, 7) is 0.536. The Hall–Kier alpha value is -0.890. The third kappa shape index (κ3) is 0.656. The van der Waals surface area contributed by atoms with Crippen molar-refractivity contribution in [3.8, 4) is 0 Å². The van der Waals surface area contributed by atoms with E-state index in [9.17, 15) is 4.39 Å². The summed E-state index contributed by atoms with van der Waals surface area (Å²) >= 11 is 0. The number of fused-ring (bicyclic) bond motifs is 1. The van der Waals surface area contributed by atoms with Crippen LogP contribution in [-0.2, 0) is 0 Å². The Morgan fingerprint density at radius 1 is 1.50 bits per heavy atom. The van der Waals surface area contributed by atoms with Crippen LogP contribution in [0.25, 0.3) is 0 Å². The quantitative estimate of drug-likeness (QED) is 0.579. The topological polar surface area (TPSA) is 26.0 Å². The van der Waals surface area contributed by atoms with Crippen molar-refractivity contribution in [1.29, 1.82) is 0 Å². The average molecular weight is 137 g/mol. The molecule has 0 fully saturated rings. The summed E-state index contributed by atoms with van der Waals surface area (Å²) in [6.07, 6.45) is 5.15. The summed E-state index contributed by atoms with van der Waals surface area (Å²) in [5.74, 6) is 0.150. The van der Waals surface area contributed by atoms with Crippen LogP contribution in [0.3, 0.4) is 0 Å². The van der Waals surface area contributed by atoms with Gasteiger partial charge in [0.15, 0.2) is 0 Å². The summed E-state index contributed by atoms with van der Waals surface area (Å²) in [4.78, 5) is 0. The van der Waals surface area contributed by atoms with E-state index in [4.69, 9.17) is 5.73 Å². The van der Waals surface area contributed by atoms with Crippen molar-refractivity contribution in [2.75, 3.05) is 6.54 Å². The van der Waals surface area contributed by atoms with Gasteiger partial charge in [-0.2, -0.15) is 0 Å². The molecule has 0 aromatic rings. The number of hydrogen-bond donors (Lipinski definition) is 1. The van der Waals surface area contributed by atoms with Crippen LogP contribution in [0.5, 0.6) is 0 Å². The molecule has 0 bridgehead atoms. The minimum atomic E-state index is -0.0952. The SMILES string of the molecule is NCC1=CC=C(F)C2=C[C@H]12. The number of rotatable bonds is 1. The summed E-state index contributed by atoms with van der Waals surface area (Å²) in [7, 11) is 0. The van der Waals surface area contributed by atoms with E-state index in [1.807, 2.05) is 6.08 Å². The van der Waals surface area contributed by atoms with Crippen molar-refractivity contribution in [3.05, 3.63) is 35.2 Å². The minimum Gasteiger partial charge on any atom is -0.327 e. The number of nitrogens with two attached hydrogens (primary N) is 1. The lowest BCUT2D eigenvalue weighted by molar-refractivity contribution is 0.646. The van der Waals surface area contributed by atoms with Crippen LogP contribution in [0.15, 0.2) is 35.2 Å². The van der Waals surface area contributed by atoms with Crippen molar-refractivity contribution in [2.45, 2.75) is 0 Å². The van der Waals surface area contributed by atoms with E-state index in [1.165, 1.54) is 6.08 Å². The van der Waals surface area contributed by atoms with Crippen LogP contribution in [0, 0.1) is 5.92 Å². The molecule has 0 saturated heterocycles. The Kier molecular flexibility index (Phi) is 1.05. The fourth-order valence-electron chi connectivity index (χ4n) is 1.24. The third-order valence-electron chi connectivity index (χ3n) is 1.93. The molecular weight excluding hydrogens is 129 g/mol. The van der Waals surface area contributed by atoms with Gasteiger partial charge >= 0.3 is 0 Å². The van der Waals surface area contributed by atoms with Gasteiger partial charge in [-0.15, -0.1) is 0 Å². The number of halogens is 1. The van der Waals surface area contributed by atoms with Gasteiger partial charge in [-0.1, -0.05) is 12.2 Å². The lowest BCUT2D eigenvalue weighted by Crippen LogP contribution is -2.07. The van der Waals surface area contributed by atoms with E-state index < -0.39 is 0 Å². The summed E-state index contributed by atoms with van der Waals surface area (Å²) in [6, 6.07) is 0. The number of hydrogen-bond acceptors (Lipinski definition) is 1. The Morgan fingerprint density at radius 3 is 3.00 bits per heavy atom. The van der Waals surface area contributed by atoms with Crippen molar-refractivity contribution in [2.24, 2.45) is 11.7 Å². The van der Waals surface area contributed by atoms with Crippen LogP contribution in [0.2, 0.25) is 0 Å². The highest BCUT2D eigenvalue weighted by Crippen LogP contribution is 2.43. The molecule has 2 aliphatic carbocycles. The van der Waals surface area contributed by atoms with E-state index in [2.05, 4.69) is 0 Å². The second-order valence-electron chi connectivity index (χ2n) is 2.56. The maximum Gasteiger partial charge on any atom is 0.127 e. The smallest absolute Gasteiger partial charge is 0.127 e. The fraction of sp³-hybridized carbons (Fsp3) is 0.250. The first-order valence-electron chi connectivity index (χ1n) is 3.31. The highest BCUT2D eigenvalue weighted by atomic mass is 19.1. The predicted octanol–water partition coefficient (Wildman–Crippen LogP) is 1.29. The second-order valence-corrected chi connectivity index (χ2v) is 2.56. The maximum absolute atomic E-state index is 12.6. The molecule has 0 unspecified atom stereocenters. The molecule has 10 heavy (non-hydrogen) atoms. The number of allylic oxidation sites excluding steroid dienone is 5. The van der Waals surface area contributed by atoms with Crippen LogP contribution in [-0.4, -0.2) is 6.54 Å². The van der Waals surface area contributed by atoms with Gasteiger partial charge in [-0.3, -0.25) is 0 Å². The molecule has 0 heterocycles. The van der Waals surface area contributed by atoms with Crippen molar-refractivity contribution >= 4 is 0 Å². The zero-order chi connectivity index (χ0) is 7.14. The predicted molar refractivity (Wildman–Crippen MR) is 37.9 cm³/mol. The summed E-state index contributed by atoms with van der Waals surface area (Å²) < 4.78 is 12.6. The molecular formula is C8H8FN. The first-order valence-corrected chi connectivity index (χ1v) is 3.31. The molecule has 0 aromatic carbocycles. The Labute approximate surface area is 58.7 Å². The van der Waals surface area contributed by atoms with Crippen molar-refractivity contribution in [3.63, 3.8) is 0 Å². The first-order chi connectivity index (χ1) is 4.83. The van der Waals surface area contributed by atoms with Gasteiger partial charge in [0.25, 0.3) is 0 Å². The molecule has 52 valence electrons. The van der Waals surface area contributed by atoms with E-state index in [0.29, 0.717) is 6.54 Å². The molecule has 1 atom stereocenters. The Bertz CT molecular complexity index is 260. The molecule has 0 spiro atoms. The summed E-state index contributed by atoms with van der Waals surface area (Å²) in [5.41, 5.74) is 7.36. The van der Waals surface area contributed by atoms with Gasteiger partial charge in [0, 0.05) is 12.5 Å². The Balaban J connectivity index is 2.29. The van der Waals surface area contributed by atoms with Gasteiger partial charge in [0.2, 0.25) is 0 Å². The van der Waals surface area contributed by atoms with E-state index >= 15 is 0 Å². The van der Waals surface area contributed by atoms with Crippen molar-refractivity contribution in [1.82, 2.24) is 0 Å². The highest BCUT2D eigenvalue weighted by Gasteiger charge is 2.32. The second kappa shape index (κ2) is 1.80. The maximum atomic E-state index is 12.6.